The predicted octanol–water partition coefficient (Wildman–Crippen LogP) is 27.6. The van der Waals surface area contributed by atoms with Crippen molar-refractivity contribution >= 4 is 46.3 Å². The van der Waals surface area contributed by atoms with Crippen LogP contribution in [0, 0.1) is 0 Å². The van der Waals surface area contributed by atoms with Crippen LogP contribution in [0.25, 0.3) is 67.8 Å². The third-order valence-electron chi connectivity index (χ3n) is 22.0. The lowest BCUT2D eigenvalue weighted by Crippen LogP contribution is -2.27. The molecule has 0 heterocycles. The molecule has 14 aromatic carbocycles. The van der Waals surface area contributed by atoms with Crippen molar-refractivity contribution in [1.82, 2.24) is 0 Å². The van der Waals surface area contributed by atoms with Crippen LogP contribution in [0.2, 0.25) is 0 Å². The van der Waals surface area contributed by atoms with Crippen molar-refractivity contribution < 1.29 is 9.47 Å². The van der Waals surface area contributed by atoms with E-state index < -0.39 is 0 Å². The van der Waals surface area contributed by atoms with Gasteiger partial charge in [0, 0.05) is 45.0 Å². The molecule has 0 amide bonds. The van der Waals surface area contributed by atoms with Crippen LogP contribution in [0.1, 0.15) is 109 Å². The number of hydrogen-bond acceptors (Lipinski definition) is 4. The van der Waals surface area contributed by atoms with Gasteiger partial charge >= 0.3 is 0 Å². The Morgan fingerprint density at radius 1 is 0.245 bits per heavy atom. The minimum absolute atomic E-state index is 0.304. The molecule has 518 valence electrons. The predicted molar refractivity (Wildman–Crippen MR) is 446 cm³/mol. The maximum absolute atomic E-state index is 6.18. The summed E-state index contributed by atoms with van der Waals surface area (Å²) in [4.78, 5) is 4.72. The number of benzene rings is 14. The van der Waals surface area contributed by atoms with Crippen molar-refractivity contribution in [3.63, 3.8) is 0 Å². The quantitative estimate of drug-likeness (QED) is 0.0436. The molecule has 0 aliphatic heterocycles. The zero-order valence-corrected chi connectivity index (χ0v) is 60.3. The monoisotopic (exact) mass is 1370 g/mol. The molecule has 2 unspecified atom stereocenters. The first-order valence-corrected chi connectivity index (χ1v) is 37.9. The van der Waals surface area contributed by atoms with Gasteiger partial charge in [-0.3, -0.25) is 0 Å². The second kappa shape index (κ2) is 31.4. The molecule has 0 saturated carbocycles. The number of para-hydroxylation sites is 2. The van der Waals surface area contributed by atoms with Crippen molar-refractivity contribution in [3.8, 4) is 67.1 Å². The van der Waals surface area contributed by atoms with E-state index in [4.69, 9.17) is 9.47 Å². The first-order chi connectivity index (χ1) is 52.4. The van der Waals surface area contributed by atoms with Gasteiger partial charge in [0.25, 0.3) is 0 Å². The van der Waals surface area contributed by atoms with E-state index >= 15 is 0 Å². The van der Waals surface area contributed by atoms with E-state index in [0.717, 1.165) is 132 Å². The van der Waals surface area contributed by atoms with Gasteiger partial charge in [-0.2, -0.15) is 0 Å². The van der Waals surface area contributed by atoms with Gasteiger partial charge in [-0.25, -0.2) is 0 Å². The van der Waals surface area contributed by atoms with E-state index in [1.807, 2.05) is 36.4 Å². The van der Waals surface area contributed by atoms with E-state index in [1.165, 1.54) is 77.9 Å². The minimum Gasteiger partial charge on any atom is -0.494 e. The molecule has 106 heavy (non-hydrogen) atoms. The fraction of sp³-hybridized carbons (Fsp3) is 0.137. The number of rotatable bonds is 29. The average Bonchev–Trinajstić information content (AvgIpc) is 1.56. The van der Waals surface area contributed by atoms with E-state index in [1.54, 1.807) is 0 Å². The van der Waals surface area contributed by atoms with Gasteiger partial charge < -0.3 is 19.3 Å². The van der Waals surface area contributed by atoms with Crippen molar-refractivity contribution in [2.75, 3.05) is 23.0 Å². The van der Waals surface area contributed by atoms with Gasteiger partial charge in [-0.1, -0.05) is 306 Å². The highest BCUT2D eigenvalue weighted by molar-refractivity contribution is 5.89. The molecule has 16 rings (SSSR count). The molecule has 0 aromatic heterocycles. The first kappa shape index (κ1) is 68.2. The summed E-state index contributed by atoms with van der Waals surface area (Å²) in [5.41, 5.74) is 28.8. The molecule has 0 bridgehead atoms. The van der Waals surface area contributed by atoms with Gasteiger partial charge in [0.15, 0.2) is 0 Å². The molecule has 4 nitrogen and oxygen atoms in total. The Hall–Kier alpha value is -12.2. The number of fused-ring (bicyclic) bond motifs is 6. The second-order valence-electron chi connectivity index (χ2n) is 28.3. The summed E-state index contributed by atoms with van der Waals surface area (Å²) in [6.45, 7) is 9.21. The zero-order valence-electron chi connectivity index (χ0n) is 60.3. The summed E-state index contributed by atoms with van der Waals surface area (Å²) in [5.74, 6) is 1.82. The van der Waals surface area contributed by atoms with Crippen LogP contribution in [0.15, 0.2) is 365 Å². The topological polar surface area (TPSA) is 24.9 Å². The van der Waals surface area contributed by atoms with E-state index in [-0.39, 0.29) is 10.8 Å². The zero-order chi connectivity index (χ0) is 71.5. The summed E-state index contributed by atoms with van der Waals surface area (Å²) >= 11 is 0. The Kier molecular flexibility index (Phi) is 20.2. The lowest BCUT2D eigenvalue weighted by molar-refractivity contribution is 0.303. The lowest BCUT2D eigenvalue weighted by atomic mass is 9.69. The van der Waals surface area contributed by atoms with Gasteiger partial charge in [0.05, 0.1) is 13.2 Å². The Morgan fingerprint density at radius 2 is 0.528 bits per heavy atom. The Labute approximate surface area is 626 Å². The van der Waals surface area contributed by atoms with Crippen LogP contribution in [-0.2, 0) is 10.8 Å². The molecule has 0 radical (unpaired) electrons. The molecule has 0 spiro atoms. The second-order valence-corrected chi connectivity index (χ2v) is 28.3. The fourth-order valence-electron chi connectivity index (χ4n) is 16.7. The number of nitrogens with zero attached hydrogens (tertiary/aromatic N) is 2. The maximum atomic E-state index is 6.18. The SMILES string of the molecule is C=Cc1ccc(OCCCCCCC2(c3ccccc3)c3ccccc3-c3ccc(-c4ccc(N(c5ccc(-c6ccc(N(c7ccccc7)c7ccccc7)cc6)cc5)c5ccc(-c6ccc7c(c6)C(CCCCCCOc6ccc(C=C)cc6)(c6ccccc6)c6ccccc6-7)cc5)cc4)cc32)cc1. The van der Waals surface area contributed by atoms with Gasteiger partial charge in [-0.05, 0) is 235 Å². The molecule has 2 atom stereocenters. The number of ether oxygens (including phenoxy) is 2. The molecule has 0 N–H and O–H groups in total. The number of unbranched alkanes of at least 4 members (excludes halogenated alkanes) is 6. The Balaban J connectivity index is 0.707. The molecule has 0 fully saturated rings. The summed E-state index contributed by atoms with van der Waals surface area (Å²) in [6, 6.07) is 130. The van der Waals surface area contributed by atoms with Crippen molar-refractivity contribution in [1.29, 1.82) is 0 Å². The highest BCUT2D eigenvalue weighted by atomic mass is 16.5. The molecule has 0 saturated heterocycles. The molecule has 2 aliphatic rings. The lowest BCUT2D eigenvalue weighted by Gasteiger charge is -2.33. The Bertz CT molecular complexity index is 5000. The fourth-order valence-corrected chi connectivity index (χ4v) is 16.7. The molecule has 2 aliphatic carbocycles. The number of anilines is 6. The van der Waals surface area contributed by atoms with Crippen LogP contribution < -0.4 is 19.3 Å². The molecular formula is C102H88N2O2. The van der Waals surface area contributed by atoms with Gasteiger partial charge in [-0.15, -0.1) is 0 Å². The van der Waals surface area contributed by atoms with Crippen molar-refractivity contribution in [2.45, 2.75) is 75.0 Å². The van der Waals surface area contributed by atoms with Crippen LogP contribution in [0.4, 0.5) is 34.1 Å². The van der Waals surface area contributed by atoms with Crippen LogP contribution in [0.3, 0.4) is 0 Å². The normalized spacial score (nSPS) is 14.5. The van der Waals surface area contributed by atoms with Crippen LogP contribution in [0.5, 0.6) is 11.5 Å². The minimum atomic E-state index is -0.304. The Morgan fingerprint density at radius 3 is 0.877 bits per heavy atom. The van der Waals surface area contributed by atoms with Crippen LogP contribution in [-0.4, -0.2) is 13.2 Å². The largest absolute Gasteiger partial charge is 0.494 e. The molecular weight excluding hydrogens is 1290 g/mol. The smallest absolute Gasteiger partial charge is 0.119 e. The standard InChI is InChI=1S/C102H88N2O2/c1-3-75-41-63-91(64-42-75)105-71-27-7-5-25-69-101(83-29-13-9-14-30-83)97-39-23-21-37-93(97)95-67-53-81(73-99(95)101)79-49-59-89(60-50-79)104(88-57-47-78(48-58-88)77-45-55-87(56-46-77)103(85-33-17-11-18-34-85)86-35-19-12-20-36-86)90-61-51-80(52-62-90)82-54-68-96-94-38-22-24-40-98(94)102(100(96)74-82,84-31-15-10-16-32-84)70-26-6-8-28-72-106-92-65-43-76(4-2)44-66-92/h3-4,9-24,29-68,73-74H,1-2,5-8,25-28,69-72H2. The summed E-state index contributed by atoms with van der Waals surface area (Å²) < 4.78 is 12.4. The summed E-state index contributed by atoms with van der Waals surface area (Å²) in [7, 11) is 0. The molecule has 14 aromatic rings. The third kappa shape index (κ3) is 13.8. The van der Waals surface area contributed by atoms with Crippen molar-refractivity contribution in [2.24, 2.45) is 0 Å². The van der Waals surface area contributed by atoms with Gasteiger partial charge in [0.1, 0.15) is 11.5 Å². The van der Waals surface area contributed by atoms with E-state index in [0.29, 0.717) is 13.2 Å². The third-order valence-corrected chi connectivity index (χ3v) is 22.0. The molecule has 4 heteroatoms. The van der Waals surface area contributed by atoms with Crippen LogP contribution >= 0.6 is 0 Å². The van der Waals surface area contributed by atoms with Gasteiger partial charge in [0.2, 0.25) is 0 Å². The summed E-state index contributed by atoms with van der Waals surface area (Å²) in [6.07, 6.45) is 14.4. The van der Waals surface area contributed by atoms with Crippen molar-refractivity contribution in [3.05, 3.63) is 410 Å². The highest BCUT2D eigenvalue weighted by Gasteiger charge is 2.46. The first-order valence-electron chi connectivity index (χ1n) is 37.9. The number of hydrogen-bond donors (Lipinski definition) is 0. The van der Waals surface area contributed by atoms with E-state index in [2.05, 4.69) is 351 Å². The maximum Gasteiger partial charge on any atom is 0.119 e. The van der Waals surface area contributed by atoms with E-state index in [9.17, 15) is 0 Å². The average molecular weight is 1370 g/mol. The summed E-state index contributed by atoms with van der Waals surface area (Å²) in [5, 5.41) is 0. The highest BCUT2D eigenvalue weighted by Crippen LogP contribution is 2.58.